The molecule has 0 radical (unpaired) electrons. The van der Waals surface area contributed by atoms with Crippen LogP contribution >= 0.6 is 0 Å². The predicted octanol–water partition coefficient (Wildman–Crippen LogP) is 2.26. The molecule has 0 bridgehead atoms. The lowest BCUT2D eigenvalue weighted by molar-refractivity contribution is 0.412. The van der Waals surface area contributed by atoms with Gasteiger partial charge in [0, 0.05) is 19.5 Å². The third kappa shape index (κ3) is 3.55. The van der Waals surface area contributed by atoms with E-state index in [1.165, 1.54) is 18.7 Å². The smallest absolute Gasteiger partial charge is 0.138 e. The maximum absolute atomic E-state index is 4.43. The Kier molecular flexibility index (Phi) is 4.38. The van der Waals surface area contributed by atoms with Crippen LogP contribution in [-0.2, 0) is 13.0 Å². The van der Waals surface area contributed by atoms with Gasteiger partial charge in [-0.3, -0.25) is 4.68 Å². The second kappa shape index (κ2) is 5.83. The average molecular weight is 250 g/mol. The van der Waals surface area contributed by atoms with Gasteiger partial charge >= 0.3 is 0 Å². The lowest BCUT2D eigenvalue weighted by Gasteiger charge is -2.17. The van der Waals surface area contributed by atoms with Crippen molar-refractivity contribution in [1.82, 2.24) is 20.1 Å². The molecule has 18 heavy (non-hydrogen) atoms. The first-order valence-corrected chi connectivity index (χ1v) is 7.22. The molecule has 0 atom stereocenters. The van der Waals surface area contributed by atoms with E-state index in [1.807, 2.05) is 0 Å². The number of aromatic nitrogens is 3. The Labute approximate surface area is 110 Å². The minimum atomic E-state index is 0.466. The lowest BCUT2D eigenvalue weighted by Crippen LogP contribution is -2.29. The van der Waals surface area contributed by atoms with Crippen molar-refractivity contribution in [2.45, 2.75) is 53.0 Å². The van der Waals surface area contributed by atoms with Crippen LogP contribution in [-0.4, -0.2) is 27.9 Å². The van der Waals surface area contributed by atoms with Crippen LogP contribution in [0.5, 0.6) is 0 Å². The SMILES string of the molecule is CCCn1ncnc1CC1(CNCC(C)C)CC1. The molecule has 0 unspecified atom stereocenters. The van der Waals surface area contributed by atoms with Gasteiger partial charge in [-0.05, 0) is 37.1 Å². The van der Waals surface area contributed by atoms with Crippen molar-refractivity contribution >= 4 is 0 Å². The zero-order chi connectivity index (χ0) is 13.0. The summed E-state index contributed by atoms with van der Waals surface area (Å²) in [5, 5.41) is 7.91. The summed E-state index contributed by atoms with van der Waals surface area (Å²) in [6.07, 6.45) is 6.56. The molecule has 0 spiro atoms. The topological polar surface area (TPSA) is 42.7 Å². The normalized spacial score (nSPS) is 17.3. The van der Waals surface area contributed by atoms with Crippen LogP contribution in [0, 0.1) is 11.3 Å². The molecular formula is C14H26N4. The van der Waals surface area contributed by atoms with Gasteiger partial charge in [-0.2, -0.15) is 5.10 Å². The van der Waals surface area contributed by atoms with Crippen molar-refractivity contribution in [3.8, 4) is 0 Å². The van der Waals surface area contributed by atoms with E-state index >= 15 is 0 Å². The van der Waals surface area contributed by atoms with Crippen molar-refractivity contribution in [1.29, 1.82) is 0 Å². The molecular weight excluding hydrogens is 224 g/mol. The summed E-state index contributed by atoms with van der Waals surface area (Å²) in [6.45, 7) is 9.93. The maximum Gasteiger partial charge on any atom is 0.138 e. The first-order chi connectivity index (χ1) is 8.65. The highest BCUT2D eigenvalue weighted by Gasteiger charge is 2.43. The van der Waals surface area contributed by atoms with E-state index in [4.69, 9.17) is 0 Å². The molecule has 102 valence electrons. The van der Waals surface area contributed by atoms with Crippen LogP contribution in [0.4, 0.5) is 0 Å². The molecule has 1 heterocycles. The van der Waals surface area contributed by atoms with Gasteiger partial charge in [-0.1, -0.05) is 20.8 Å². The molecule has 1 aliphatic carbocycles. The Bertz CT molecular complexity index is 366. The van der Waals surface area contributed by atoms with Gasteiger partial charge in [-0.15, -0.1) is 0 Å². The Morgan fingerprint density at radius 2 is 2.22 bits per heavy atom. The fourth-order valence-electron chi connectivity index (χ4n) is 2.38. The number of hydrogen-bond acceptors (Lipinski definition) is 3. The third-order valence-electron chi connectivity index (χ3n) is 3.67. The largest absolute Gasteiger partial charge is 0.316 e. The van der Waals surface area contributed by atoms with Gasteiger partial charge < -0.3 is 5.32 Å². The van der Waals surface area contributed by atoms with Crippen molar-refractivity contribution < 1.29 is 0 Å². The van der Waals surface area contributed by atoms with Crippen molar-refractivity contribution in [2.75, 3.05) is 13.1 Å². The number of nitrogens with one attached hydrogen (secondary N) is 1. The first-order valence-electron chi connectivity index (χ1n) is 7.22. The summed E-state index contributed by atoms with van der Waals surface area (Å²) in [6, 6.07) is 0. The lowest BCUT2D eigenvalue weighted by atomic mass is 10.0. The van der Waals surface area contributed by atoms with Crippen molar-refractivity contribution in [3.05, 3.63) is 12.2 Å². The molecule has 4 heteroatoms. The summed E-state index contributed by atoms with van der Waals surface area (Å²) in [5.41, 5.74) is 0.466. The summed E-state index contributed by atoms with van der Waals surface area (Å²) in [4.78, 5) is 4.43. The van der Waals surface area contributed by atoms with Crippen LogP contribution in [0.15, 0.2) is 6.33 Å². The number of aryl methyl sites for hydroxylation is 1. The minimum absolute atomic E-state index is 0.466. The quantitative estimate of drug-likeness (QED) is 0.769. The molecule has 0 aromatic carbocycles. The van der Waals surface area contributed by atoms with E-state index in [0.29, 0.717) is 5.41 Å². The molecule has 2 rings (SSSR count). The third-order valence-corrected chi connectivity index (χ3v) is 3.67. The molecule has 1 N–H and O–H groups in total. The van der Waals surface area contributed by atoms with E-state index in [-0.39, 0.29) is 0 Å². The number of nitrogens with zero attached hydrogens (tertiary/aromatic N) is 3. The van der Waals surface area contributed by atoms with Crippen LogP contribution < -0.4 is 5.32 Å². The molecule has 1 aliphatic rings. The van der Waals surface area contributed by atoms with Crippen LogP contribution in [0.3, 0.4) is 0 Å². The maximum atomic E-state index is 4.43. The highest BCUT2D eigenvalue weighted by atomic mass is 15.3. The molecule has 1 aromatic heterocycles. The molecule has 1 fully saturated rings. The summed E-state index contributed by atoms with van der Waals surface area (Å²) in [5.74, 6) is 1.89. The number of hydrogen-bond donors (Lipinski definition) is 1. The highest BCUT2D eigenvalue weighted by Crippen LogP contribution is 2.47. The zero-order valence-electron chi connectivity index (χ0n) is 11.9. The van der Waals surface area contributed by atoms with Gasteiger partial charge in [0.05, 0.1) is 0 Å². The molecule has 1 aromatic rings. The van der Waals surface area contributed by atoms with Gasteiger partial charge in [0.15, 0.2) is 0 Å². The Balaban J connectivity index is 1.86. The van der Waals surface area contributed by atoms with Gasteiger partial charge in [0.1, 0.15) is 12.2 Å². The van der Waals surface area contributed by atoms with E-state index in [1.54, 1.807) is 6.33 Å². The van der Waals surface area contributed by atoms with Crippen LogP contribution in [0.1, 0.15) is 45.9 Å². The van der Waals surface area contributed by atoms with E-state index in [2.05, 4.69) is 40.9 Å². The molecule has 0 aliphatic heterocycles. The molecule has 0 amide bonds. The van der Waals surface area contributed by atoms with Gasteiger partial charge in [0.2, 0.25) is 0 Å². The predicted molar refractivity (Wildman–Crippen MR) is 73.4 cm³/mol. The Morgan fingerprint density at radius 1 is 1.44 bits per heavy atom. The van der Waals surface area contributed by atoms with Gasteiger partial charge in [-0.25, -0.2) is 4.98 Å². The Morgan fingerprint density at radius 3 is 2.83 bits per heavy atom. The van der Waals surface area contributed by atoms with Crippen LogP contribution in [0.25, 0.3) is 0 Å². The van der Waals surface area contributed by atoms with E-state index < -0.39 is 0 Å². The summed E-state index contributed by atoms with van der Waals surface area (Å²) >= 11 is 0. The van der Waals surface area contributed by atoms with Crippen molar-refractivity contribution in [2.24, 2.45) is 11.3 Å². The average Bonchev–Trinajstić information content (AvgIpc) is 2.93. The monoisotopic (exact) mass is 250 g/mol. The minimum Gasteiger partial charge on any atom is -0.316 e. The molecule has 4 nitrogen and oxygen atoms in total. The second-order valence-corrected chi connectivity index (χ2v) is 6.10. The standard InChI is InChI=1S/C14H26N4/c1-4-7-18-13(16-11-17-18)8-14(5-6-14)10-15-9-12(2)3/h11-12,15H,4-10H2,1-3H3. The van der Waals surface area contributed by atoms with Crippen molar-refractivity contribution in [3.63, 3.8) is 0 Å². The first kappa shape index (κ1) is 13.5. The Hall–Kier alpha value is -0.900. The fourth-order valence-corrected chi connectivity index (χ4v) is 2.38. The zero-order valence-corrected chi connectivity index (χ0v) is 11.9. The molecule has 0 saturated heterocycles. The number of rotatable bonds is 8. The second-order valence-electron chi connectivity index (χ2n) is 6.10. The van der Waals surface area contributed by atoms with E-state index in [0.717, 1.165) is 38.4 Å². The molecule has 1 saturated carbocycles. The fraction of sp³-hybridized carbons (Fsp3) is 0.857. The van der Waals surface area contributed by atoms with Gasteiger partial charge in [0.25, 0.3) is 0 Å². The highest BCUT2D eigenvalue weighted by molar-refractivity contribution is 5.03. The summed E-state index contributed by atoms with van der Waals surface area (Å²) in [7, 11) is 0. The summed E-state index contributed by atoms with van der Waals surface area (Å²) < 4.78 is 2.07. The van der Waals surface area contributed by atoms with Crippen LogP contribution in [0.2, 0.25) is 0 Å². The van der Waals surface area contributed by atoms with E-state index in [9.17, 15) is 0 Å².